The average molecular weight is 593 g/mol. The molecule has 0 saturated heterocycles. The average Bonchev–Trinajstić information content (AvgIpc) is 2.87. The molecule has 0 aromatic carbocycles. The van der Waals surface area contributed by atoms with Gasteiger partial charge in [0.2, 0.25) is 5.91 Å². The van der Waals surface area contributed by atoms with Crippen LogP contribution in [0.2, 0.25) is 0 Å². The molecule has 11 nitrogen and oxygen atoms in total. The Balaban J connectivity index is 4.63. The van der Waals surface area contributed by atoms with Gasteiger partial charge in [-0.3, -0.25) is 19.5 Å². The Bertz CT molecular complexity index is 620. The fourth-order valence-corrected chi connectivity index (χ4v) is 5.12. The second-order valence-corrected chi connectivity index (χ2v) is 13.0. The lowest BCUT2D eigenvalue weighted by atomic mass is 9.76. The minimum Gasteiger partial charge on any atom is -0.354 e. The lowest BCUT2D eigenvalue weighted by molar-refractivity contribution is -0.130. The zero-order valence-electron chi connectivity index (χ0n) is 26.7. The van der Waals surface area contributed by atoms with Gasteiger partial charge in [0.05, 0.1) is 0 Å². The Labute approximate surface area is 251 Å². The summed E-state index contributed by atoms with van der Waals surface area (Å²) >= 11 is 6.64. The van der Waals surface area contributed by atoms with Gasteiger partial charge in [-0.1, -0.05) is 34.6 Å². The van der Waals surface area contributed by atoms with Crippen molar-refractivity contribution in [2.45, 2.75) is 41.0 Å². The van der Waals surface area contributed by atoms with E-state index in [1.54, 1.807) is 0 Å². The molecular formula is C28H65ClN10O. The standard InChI is InChI=1S/C28H65ClN10O/c1-27(2,3)25-28(4,5)26(40)35-13-18-38(16-11-33-6)22-24-39(29)23-21-37(15-9-32)20-19-36(14-8-31)17-12-34-10-7-30/h33-34H,7-25,30-32H2,1-6H3,(H,35,40). The smallest absolute Gasteiger partial charge is 0.225 e. The van der Waals surface area contributed by atoms with Crippen LogP contribution in [0.1, 0.15) is 41.0 Å². The summed E-state index contributed by atoms with van der Waals surface area (Å²) < 4.78 is 1.87. The first-order chi connectivity index (χ1) is 18.9. The van der Waals surface area contributed by atoms with Crippen LogP contribution >= 0.6 is 11.8 Å². The van der Waals surface area contributed by atoms with E-state index >= 15 is 0 Å². The van der Waals surface area contributed by atoms with Crippen molar-refractivity contribution in [1.29, 1.82) is 0 Å². The van der Waals surface area contributed by atoms with Crippen LogP contribution in [0, 0.1) is 10.8 Å². The zero-order chi connectivity index (χ0) is 30.4. The maximum atomic E-state index is 12.8. The van der Waals surface area contributed by atoms with Crippen molar-refractivity contribution in [2.75, 3.05) is 125 Å². The molecular weight excluding hydrogens is 528 g/mol. The molecule has 0 aliphatic carbocycles. The highest BCUT2D eigenvalue weighted by atomic mass is 35.5. The summed E-state index contributed by atoms with van der Waals surface area (Å²) in [6.45, 7) is 25.2. The van der Waals surface area contributed by atoms with Crippen molar-refractivity contribution in [3.8, 4) is 0 Å². The number of hydrogen-bond donors (Lipinski definition) is 6. The van der Waals surface area contributed by atoms with Gasteiger partial charge in [0.15, 0.2) is 0 Å². The second kappa shape index (κ2) is 22.9. The monoisotopic (exact) mass is 593 g/mol. The number of carbonyl (C=O) groups excluding carboxylic acids is 1. The number of carbonyl (C=O) groups is 1. The van der Waals surface area contributed by atoms with Gasteiger partial charge in [-0.25, -0.2) is 4.42 Å². The van der Waals surface area contributed by atoms with Crippen LogP contribution in [-0.2, 0) is 4.79 Å². The van der Waals surface area contributed by atoms with Gasteiger partial charge >= 0.3 is 0 Å². The first kappa shape index (κ1) is 39.4. The third kappa shape index (κ3) is 21.2. The van der Waals surface area contributed by atoms with Gasteiger partial charge in [-0.05, 0) is 30.7 Å². The fourth-order valence-electron chi connectivity index (χ4n) is 4.97. The number of halogens is 1. The summed E-state index contributed by atoms with van der Waals surface area (Å²) in [6.07, 6.45) is 0.842. The molecule has 0 unspecified atom stereocenters. The first-order valence-electron chi connectivity index (χ1n) is 15.2. The van der Waals surface area contributed by atoms with E-state index in [-0.39, 0.29) is 16.7 Å². The number of rotatable bonds is 26. The molecule has 0 atom stereocenters. The van der Waals surface area contributed by atoms with E-state index in [0.717, 1.165) is 98.0 Å². The SMILES string of the molecule is CNCCN(CCNC(=O)C(C)(C)CC(C)(C)C)CCN(Cl)CCN(CCN)CCN(CCN)CCNCCN. The molecule has 0 bridgehead atoms. The largest absolute Gasteiger partial charge is 0.354 e. The maximum Gasteiger partial charge on any atom is 0.225 e. The summed E-state index contributed by atoms with van der Waals surface area (Å²) in [7, 11) is 1.96. The van der Waals surface area contributed by atoms with E-state index in [2.05, 4.69) is 51.4 Å². The number of nitrogens with one attached hydrogen (secondary N) is 3. The summed E-state index contributed by atoms with van der Waals surface area (Å²) in [5.74, 6) is 0.117. The number of nitrogens with zero attached hydrogens (tertiary/aromatic N) is 4. The predicted octanol–water partition coefficient (Wildman–Crippen LogP) is -0.388. The van der Waals surface area contributed by atoms with Crippen LogP contribution in [0.3, 0.4) is 0 Å². The molecule has 9 N–H and O–H groups in total. The summed E-state index contributed by atoms with van der Waals surface area (Å²) in [4.78, 5) is 19.9. The number of hydrogen-bond acceptors (Lipinski definition) is 10. The fraction of sp³-hybridized carbons (Fsp3) is 0.964. The summed E-state index contributed by atoms with van der Waals surface area (Å²) in [5, 5.41) is 9.73. The Morgan fingerprint density at radius 1 is 0.650 bits per heavy atom. The lowest BCUT2D eigenvalue weighted by Gasteiger charge is -2.32. The van der Waals surface area contributed by atoms with E-state index in [1.807, 2.05) is 25.3 Å². The molecule has 0 fully saturated rings. The maximum absolute atomic E-state index is 12.8. The number of likely N-dealkylation sites (N-methyl/N-ethyl adjacent to an activating group) is 1. The number of nitrogens with two attached hydrogens (primary N) is 3. The van der Waals surface area contributed by atoms with E-state index in [9.17, 15) is 4.79 Å². The Hall–Kier alpha value is -0.600. The van der Waals surface area contributed by atoms with Gasteiger partial charge in [0.25, 0.3) is 0 Å². The Morgan fingerprint density at radius 3 is 1.62 bits per heavy atom. The van der Waals surface area contributed by atoms with E-state index in [0.29, 0.717) is 26.2 Å². The third-order valence-corrected chi connectivity index (χ3v) is 7.18. The molecule has 0 aliphatic rings. The Morgan fingerprint density at radius 2 is 1.12 bits per heavy atom. The van der Waals surface area contributed by atoms with Crippen molar-refractivity contribution < 1.29 is 4.79 Å². The Kier molecular flexibility index (Phi) is 22.6. The predicted molar refractivity (Wildman–Crippen MR) is 172 cm³/mol. The zero-order valence-corrected chi connectivity index (χ0v) is 27.5. The highest BCUT2D eigenvalue weighted by Gasteiger charge is 2.32. The lowest BCUT2D eigenvalue weighted by Crippen LogP contribution is -2.45. The first-order valence-corrected chi connectivity index (χ1v) is 15.5. The summed E-state index contributed by atoms with van der Waals surface area (Å²) in [5.41, 5.74) is 17.0. The van der Waals surface area contributed by atoms with Gasteiger partial charge in [0.1, 0.15) is 0 Å². The van der Waals surface area contributed by atoms with E-state index in [1.165, 1.54) is 0 Å². The third-order valence-electron chi connectivity index (χ3n) is 6.85. The summed E-state index contributed by atoms with van der Waals surface area (Å²) in [6, 6.07) is 0. The highest BCUT2D eigenvalue weighted by Crippen LogP contribution is 2.33. The molecule has 0 spiro atoms. The highest BCUT2D eigenvalue weighted by molar-refractivity contribution is 6.13. The molecule has 0 radical (unpaired) electrons. The van der Waals surface area contributed by atoms with Gasteiger partial charge in [-0.15, -0.1) is 0 Å². The van der Waals surface area contributed by atoms with Crippen LogP contribution in [-0.4, -0.2) is 150 Å². The van der Waals surface area contributed by atoms with Crippen molar-refractivity contribution in [3.05, 3.63) is 0 Å². The normalized spacial score (nSPS) is 12.8. The molecule has 0 aromatic heterocycles. The molecule has 40 heavy (non-hydrogen) atoms. The number of amides is 1. The molecule has 240 valence electrons. The van der Waals surface area contributed by atoms with Crippen molar-refractivity contribution in [3.63, 3.8) is 0 Å². The van der Waals surface area contributed by atoms with Crippen LogP contribution < -0.4 is 33.2 Å². The van der Waals surface area contributed by atoms with Gasteiger partial charge < -0.3 is 33.2 Å². The quantitative estimate of drug-likeness (QED) is 0.0580. The molecule has 0 saturated carbocycles. The topological polar surface area (TPSA) is 144 Å². The molecule has 0 rings (SSSR count). The molecule has 1 amide bonds. The van der Waals surface area contributed by atoms with E-state index in [4.69, 9.17) is 29.0 Å². The minimum absolute atomic E-state index is 0.106. The van der Waals surface area contributed by atoms with Crippen molar-refractivity contribution in [2.24, 2.45) is 28.0 Å². The van der Waals surface area contributed by atoms with Crippen LogP contribution in [0.4, 0.5) is 0 Å². The minimum atomic E-state index is -0.390. The molecule has 0 aromatic rings. The van der Waals surface area contributed by atoms with Gasteiger partial charge in [-0.2, -0.15) is 0 Å². The van der Waals surface area contributed by atoms with Crippen LogP contribution in [0.5, 0.6) is 0 Å². The van der Waals surface area contributed by atoms with E-state index < -0.39 is 0 Å². The van der Waals surface area contributed by atoms with Crippen molar-refractivity contribution >= 4 is 17.7 Å². The van der Waals surface area contributed by atoms with Gasteiger partial charge in [0, 0.05) is 123 Å². The molecule has 0 heterocycles. The van der Waals surface area contributed by atoms with Crippen molar-refractivity contribution in [1.82, 2.24) is 35.1 Å². The second-order valence-electron chi connectivity index (χ2n) is 12.5. The molecule has 0 aliphatic heterocycles. The molecule has 12 heteroatoms. The van der Waals surface area contributed by atoms with Crippen LogP contribution in [0.25, 0.3) is 0 Å². The van der Waals surface area contributed by atoms with Crippen LogP contribution in [0.15, 0.2) is 0 Å².